The molecule has 0 radical (unpaired) electrons. The minimum Gasteiger partial charge on any atom is -0.317 e. The van der Waals surface area contributed by atoms with Crippen LogP contribution in [0.2, 0.25) is 0 Å². The van der Waals surface area contributed by atoms with Crippen LogP contribution in [0.4, 0.5) is 0 Å². The number of nitrogens with one attached hydrogen (secondary N) is 1. The second kappa shape index (κ2) is 5.15. The highest BCUT2D eigenvalue weighted by Gasteiger charge is 2.15. The summed E-state index contributed by atoms with van der Waals surface area (Å²) in [6.07, 6.45) is 0. The molecule has 0 saturated carbocycles. The van der Waals surface area contributed by atoms with Crippen molar-refractivity contribution in [2.24, 2.45) is 0 Å². The minimum atomic E-state index is 0.259. The van der Waals surface area contributed by atoms with E-state index < -0.39 is 0 Å². The lowest BCUT2D eigenvalue weighted by molar-refractivity contribution is 0.487. The molecule has 1 atom stereocenters. The first-order valence-electron chi connectivity index (χ1n) is 5.94. The van der Waals surface area contributed by atoms with Gasteiger partial charge in [0.05, 0.1) is 11.7 Å². The van der Waals surface area contributed by atoms with Crippen molar-refractivity contribution in [3.05, 3.63) is 53.3 Å². The second-order valence-corrected chi connectivity index (χ2v) is 4.36. The van der Waals surface area contributed by atoms with Gasteiger partial charge in [-0.1, -0.05) is 30.3 Å². The molecule has 2 rings (SSSR count). The third-order valence-electron chi connectivity index (χ3n) is 2.92. The number of aromatic nitrogens is 2. The van der Waals surface area contributed by atoms with Gasteiger partial charge >= 0.3 is 0 Å². The van der Waals surface area contributed by atoms with Crippen LogP contribution < -0.4 is 5.32 Å². The lowest BCUT2D eigenvalue weighted by Gasteiger charge is -2.19. The first kappa shape index (κ1) is 11.9. The number of likely N-dealkylation sites (N-methyl/N-ethyl adjacent to an activating group) is 1. The van der Waals surface area contributed by atoms with Crippen LogP contribution in [0, 0.1) is 13.8 Å². The molecule has 1 aromatic carbocycles. The molecule has 0 aliphatic rings. The van der Waals surface area contributed by atoms with Gasteiger partial charge in [0.2, 0.25) is 0 Å². The van der Waals surface area contributed by atoms with Crippen molar-refractivity contribution in [1.82, 2.24) is 15.1 Å². The highest BCUT2D eigenvalue weighted by atomic mass is 15.3. The molecule has 3 heteroatoms. The van der Waals surface area contributed by atoms with Crippen LogP contribution in [0.25, 0.3) is 0 Å². The number of hydrogen-bond donors (Lipinski definition) is 1. The van der Waals surface area contributed by atoms with E-state index in [9.17, 15) is 0 Å². The van der Waals surface area contributed by atoms with E-state index in [1.54, 1.807) is 0 Å². The molecule has 0 aliphatic heterocycles. The van der Waals surface area contributed by atoms with E-state index in [2.05, 4.69) is 52.4 Å². The van der Waals surface area contributed by atoms with Crippen molar-refractivity contribution in [2.75, 3.05) is 13.6 Å². The Labute approximate surface area is 102 Å². The number of nitrogens with zero attached hydrogens (tertiary/aromatic N) is 2. The van der Waals surface area contributed by atoms with E-state index in [-0.39, 0.29) is 6.04 Å². The Morgan fingerprint density at radius 1 is 1.24 bits per heavy atom. The monoisotopic (exact) mass is 229 g/mol. The average Bonchev–Trinajstić information content (AvgIpc) is 2.66. The van der Waals surface area contributed by atoms with Crippen molar-refractivity contribution in [1.29, 1.82) is 0 Å². The molecule has 1 unspecified atom stereocenters. The molecule has 1 N–H and O–H groups in total. The maximum atomic E-state index is 4.58. The zero-order valence-electron chi connectivity index (χ0n) is 10.6. The van der Waals surface area contributed by atoms with Crippen molar-refractivity contribution < 1.29 is 0 Å². The SMILES string of the molecule is CNCC(c1ccccc1)n1nc(C)cc1C. The van der Waals surface area contributed by atoms with Gasteiger partial charge in [-0.2, -0.15) is 5.10 Å². The Morgan fingerprint density at radius 2 is 1.94 bits per heavy atom. The predicted molar refractivity (Wildman–Crippen MR) is 70.2 cm³/mol. The molecule has 0 saturated heterocycles. The molecule has 0 fully saturated rings. The molecule has 0 aliphatic carbocycles. The summed E-state index contributed by atoms with van der Waals surface area (Å²) >= 11 is 0. The fraction of sp³-hybridized carbons (Fsp3) is 0.357. The van der Waals surface area contributed by atoms with E-state index in [4.69, 9.17) is 0 Å². The molecule has 3 nitrogen and oxygen atoms in total. The summed E-state index contributed by atoms with van der Waals surface area (Å²) in [4.78, 5) is 0. The summed E-state index contributed by atoms with van der Waals surface area (Å²) in [6.45, 7) is 5.02. The first-order chi connectivity index (χ1) is 8.22. The van der Waals surface area contributed by atoms with Crippen LogP contribution in [-0.4, -0.2) is 23.4 Å². The third kappa shape index (κ3) is 2.56. The normalized spacial score (nSPS) is 12.6. The van der Waals surface area contributed by atoms with Crippen LogP contribution >= 0.6 is 0 Å². The Kier molecular flexibility index (Phi) is 3.59. The summed E-state index contributed by atoms with van der Waals surface area (Å²) in [7, 11) is 1.97. The number of hydrogen-bond acceptors (Lipinski definition) is 2. The Hall–Kier alpha value is -1.61. The lowest BCUT2D eigenvalue weighted by Crippen LogP contribution is -2.25. The highest BCUT2D eigenvalue weighted by Crippen LogP contribution is 2.19. The van der Waals surface area contributed by atoms with Gasteiger partial charge in [0.1, 0.15) is 0 Å². The number of aryl methyl sites for hydroxylation is 2. The zero-order valence-corrected chi connectivity index (χ0v) is 10.6. The van der Waals surface area contributed by atoms with Crippen LogP contribution in [0.5, 0.6) is 0 Å². The first-order valence-corrected chi connectivity index (χ1v) is 5.94. The maximum absolute atomic E-state index is 4.58. The van der Waals surface area contributed by atoms with E-state index in [0.717, 1.165) is 12.2 Å². The summed E-state index contributed by atoms with van der Waals surface area (Å²) in [5.41, 5.74) is 3.55. The van der Waals surface area contributed by atoms with Gasteiger partial charge in [-0.15, -0.1) is 0 Å². The van der Waals surface area contributed by atoms with Gasteiger partial charge < -0.3 is 5.32 Å². The van der Waals surface area contributed by atoms with Crippen LogP contribution in [0.3, 0.4) is 0 Å². The fourth-order valence-corrected chi connectivity index (χ4v) is 2.18. The van der Waals surface area contributed by atoms with Crippen molar-refractivity contribution in [2.45, 2.75) is 19.9 Å². The topological polar surface area (TPSA) is 29.9 Å². The smallest absolute Gasteiger partial charge is 0.0895 e. The van der Waals surface area contributed by atoms with Crippen LogP contribution in [0.15, 0.2) is 36.4 Å². The molecule has 90 valence electrons. The standard InChI is InChI=1S/C14H19N3/c1-11-9-12(2)17(16-11)14(10-15-3)13-7-5-4-6-8-13/h4-9,14-15H,10H2,1-3H3. The summed E-state index contributed by atoms with van der Waals surface area (Å²) in [5, 5.41) is 7.82. The summed E-state index contributed by atoms with van der Waals surface area (Å²) < 4.78 is 2.10. The van der Waals surface area contributed by atoms with Gasteiger partial charge in [0.25, 0.3) is 0 Å². The molecule has 0 spiro atoms. The van der Waals surface area contributed by atoms with Gasteiger partial charge in [-0.05, 0) is 32.5 Å². The number of benzene rings is 1. The minimum absolute atomic E-state index is 0.259. The third-order valence-corrected chi connectivity index (χ3v) is 2.92. The zero-order chi connectivity index (χ0) is 12.3. The van der Waals surface area contributed by atoms with E-state index in [0.29, 0.717) is 0 Å². The highest BCUT2D eigenvalue weighted by molar-refractivity contribution is 5.22. The van der Waals surface area contributed by atoms with Crippen molar-refractivity contribution in [3.8, 4) is 0 Å². The van der Waals surface area contributed by atoms with Crippen LogP contribution in [-0.2, 0) is 0 Å². The van der Waals surface area contributed by atoms with Gasteiger partial charge in [-0.3, -0.25) is 4.68 Å². The van der Waals surface area contributed by atoms with Crippen molar-refractivity contribution >= 4 is 0 Å². The van der Waals surface area contributed by atoms with Crippen LogP contribution in [0.1, 0.15) is 23.0 Å². The molecule has 1 heterocycles. The van der Waals surface area contributed by atoms with Gasteiger partial charge in [0, 0.05) is 12.2 Å². The predicted octanol–water partition coefficient (Wildman–Crippen LogP) is 2.31. The summed E-state index contributed by atoms with van der Waals surface area (Å²) in [6, 6.07) is 12.9. The molecule has 17 heavy (non-hydrogen) atoms. The fourth-order valence-electron chi connectivity index (χ4n) is 2.18. The largest absolute Gasteiger partial charge is 0.317 e. The van der Waals surface area contributed by atoms with Gasteiger partial charge in [-0.25, -0.2) is 0 Å². The molecular weight excluding hydrogens is 210 g/mol. The Bertz CT molecular complexity index is 473. The molecule has 0 bridgehead atoms. The number of rotatable bonds is 4. The van der Waals surface area contributed by atoms with Crippen molar-refractivity contribution in [3.63, 3.8) is 0 Å². The Morgan fingerprint density at radius 3 is 2.47 bits per heavy atom. The quantitative estimate of drug-likeness (QED) is 0.872. The van der Waals surface area contributed by atoms with E-state index >= 15 is 0 Å². The molecule has 1 aromatic heterocycles. The van der Waals surface area contributed by atoms with E-state index in [1.165, 1.54) is 11.3 Å². The molecular formula is C14H19N3. The average molecular weight is 229 g/mol. The Balaban J connectivity index is 2.39. The van der Waals surface area contributed by atoms with Gasteiger partial charge in [0.15, 0.2) is 0 Å². The lowest BCUT2D eigenvalue weighted by atomic mass is 10.1. The molecule has 2 aromatic rings. The van der Waals surface area contributed by atoms with E-state index in [1.807, 2.05) is 20.0 Å². The summed E-state index contributed by atoms with van der Waals surface area (Å²) in [5.74, 6) is 0. The maximum Gasteiger partial charge on any atom is 0.0895 e. The second-order valence-electron chi connectivity index (χ2n) is 4.36. The molecule has 0 amide bonds.